The summed E-state index contributed by atoms with van der Waals surface area (Å²) in [6, 6.07) is 0. The number of carbonyl (C=O) groups is 1. The number of hydrogen-bond acceptors (Lipinski definition) is 4. The molecule has 0 aromatic heterocycles. The van der Waals surface area contributed by atoms with Crippen molar-refractivity contribution in [3.8, 4) is 0 Å². The van der Waals surface area contributed by atoms with Crippen LogP contribution in [0.2, 0.25) is 0 Å². The predicted octanol–water partition coefficient (Wildman–Crippen LogP) is 0.308. The van der Waals surface area contributed by atoms with Crippen LogP contribution in [0.4, 0.5) is 0 Å². The second-order valence-corrected chi connectivity index (χ2v) is 4.15. The molecule has 6 atom stereocenters. The Balaban J connectivity index is 2.02. The summed E-state index contributed by atoms with van der Waals surface area (Å²) in [7, 11) is 0. The lowest BCUT2D eigenvalue weighted by Gasteiger charge is -2.38. The van der Waals surface area contributed by atoms with Crippen molar-refractivity contribution in [1.82, 2.24) is 0 Å². The molecule has 3 aliphatic rings. The maximum Gasteiger partial charge on any atom is 0.338 e. The normalized spacial score (nSPS) is 58.2. The molecule has 3 unspecified atom stereocenters. The van der Waals surface area contributed by atoms with Crippen LogP contribution in [0, 0.1) is 11.8 Å². The lowest BCUT2D eigenvalue weighted by molar-refractivity contribution is -0.225. The molecule has 3 saturated heterocycles. The van der Waals surface area contributed by atoms with Gasteiger partial charge in [0.05, 0.1) is 6.10 Å². The van der Waals surface area contributed by atoms with E-state index in [-0.39, 0.29) is 24.1 Å². The van der Waals surface area contributed by atoms with Gasteiger partial charge in [-0.3, -0.25) is 0 Å². The SMILES string of the molecule is CC1[C@H]2O[C@@H]3C(=O)OC2O[C@@H]1C3C. The minimum absolute atomic E-state index is 0.0381. The Labute approximate surface area is 76.1 Å². The third-order valence-electron chi connectivity index (χ3n) is 3.36. The Bertz CT molecular complexity index is 264. The van der Waals surface area contributed by atoms with Crippen molar-refractivity contribution in [2.45, 2.75) is 38.4 Å². The average Bonchev–Trinajstić information content (AvgIpc) is 2.25. The van der Waals surface area contributed by atoms with Crippen LogP contribution in [-0.2, 0) is 19.0 Å². The van der Waals surface area contributed by atoms with Crippen LogP contribution in [0.1, 0.15) is 13.8 Å². The van der Waals surface area contributed by atoms with Gasteiger partial charge in [-0.25, -0.2) is 4.79 Å². The smallest absolute Gasteiger partial charge is 0.338 e. The van der Waals surface area contributed by atoms with E-state index in [9.17, 15) is 4.79 Å². The Morgan fingerprint density at radius 3 is 2.62 bits per heavy atom. The van der Waals surface area contributed by atoms with Crippen LogP contribution in [0.15, 0.2) is 0 Å². The fourth-order valence-electron chi connectivity index (χ4n) is 2.59. The minimum Gasteiger partial charge on any atom is -0.431 e. The molecule has 3 heterocycles. The monoisotopic (exact) mass is 184 g/mol. The van der Waals surface area contributed by atoms with E-state index in [0.717, 1.165) is 0 Å². The molecule has 0 spiro atoms. The van der Waals surface area contributed by atoms with Gasteiger partial charge in [0.25, 0.3) is 0 Å². The van der Waals surface area contributed by atoms with E-state index in [2.05, 4.69) is 6.92 Å². The highest BCUT2D eigenvalue weighted by atomic mass is 16.8. The summed E-state index contributed by atoms with van der Waals surface area (Å²) in [5, 5.41) is 0. The fraction of sp³-hybridized carbons (Fsp3) is 0.889. The summed E-state index contributed by atoms with van der Waals surface area (Å²) >= 11 is 0. The molecular weight excluding hydrogens is 172 g/mol. The lowest BCUT2D eigenvalue weighted by atomic mass is 9.84. The van der Waals surface area contributed by atoms with Crippen LogP contribution < -0.4 is 0 Å². The number of ether oxygens (including phenoxy) is 3. The minimum atomic E-state index is -0.450. The third-order valence-corrected chi connectivity index (χ3v) is 3.36. The molecule has 4 heteroatoms. The molecule has 0 aliphatic carbocycles. The van der Waals surface area contributed by atoms with Crippen LogP contribution in [0.5, 0.6) is 0 Å². The van der Waals surface area contributed by atoms with Crippen molar-refractivity contribution in [2.75, 3.05) is 0 Å². The summed E-state index contributed by atoms with van der Waals surface area (Å²) in [6.45, 7) is 4.07. The van der Waals surface area contributed by atoms with Gasteiger partial charge in [-0.2, -0.15) is 0 Å². The lowest BCUT2D eigenvalue weighted by Crippen LogP contribution is -2.53. The topological polar surface area (TPSA) is 44.8 Å². The molecule has 0 amide bonds. The van der Waals surface area contributed by atoms with Gasteiger partial charge in [0.15, 0.2) is 6.10 Å². The molecule has 3 fully saturated rings. The summed E-state index contributed by atoms with van der Waals surface area (Å²) < 4.78 is 16.3. The number of fused-ring (bicyclic) bond motifs is 2. The van der Waals surface area contributed by atoms with Crippen molar-refractivity contribution in [2.24, 2.45) is 11.8 Å². The predicted molar refractivity (Wildman–Crippen MR) is 41.7 cm³/mol. The molecule has 0 N–H and O–H groups in total. The van der Waals surface area contributed by atoms with E-state index in [1.54, 1.807) is 0 Å². The number of rotatable bonds is 0. The molecule has 3 rings (SSSR count). The number of carbonyl (C=O) groups excluding carboxylic acids is 1. The van der Waals surface area contributed by atoms with Crippen LogP contribution in [0.25, 0.3) is 0 Å². The van der Waals surface area contributed by atoms with Gasteiger partial charge in [0, 0.05) is 11.8 Å². The quantitative estimate of drug-likeness (QED) is 0.508. The Hall–Kier alpha value is -0.610. The van der Waals surface area contributed by atoms with Gasteiger partial charge in [0.1, 0.15) is 6.10 Å². The van der Waals surface area contributed by atoms with Gasteiger partial charge < -0.3 is 14.2 Å². The van der Waals surface area contributed by atoms with Gasteiger partial charge in [-0.1, -0.05) is 13.8 Å². The van der Waals surface area contributed by atoms with Gasteiger partial charge >= 0.3 is 5.97 Å². The first-order chi connectivity index (χ1) is 6.18. The zero-order chi connectivity index (χ0) is 9.16. The molecule has 13 heavy (non-hydrogen) atoms. The Kier molecular flexibility index (Phi) is 1.34. The van der Waals surface area contributed by atoms with Crippen molar-refractivity contribution in [3.05, 3.63) is 0 Å². The van der Waals surface area contributed by atoms with E-state index in [4.69, 9.17) is 14.2 Å². The Morgan fingerprint density at radius 2 is 1.85 bits per heavy atom. The largest absolute Gasteiger partial charge is 0.431 e. The molecule has 0 aromatic carbocycles. The number of hydrogen-bond donors (Lipinski definition) is 0. The highest BCUT2D eigenvalue weighted by molar-refractivity contribution is 5.76. The van der Waals surface area contributed by atoms with Crippen molar-refractivity contribution >= 4 is 5.97 Å². The van der Waals surface area contributed by atoms with Gasteiger partial charge in [-0.15, -0.1) is 0 Å². The third kappa shape index (κ3) is 0.802. The average molecular weight is 184 g/mol. The molecule has 3 aliphatic heterocycles. The maximum absolute atomic E-state index is 11.3. The van der Waals surface area contributed by atoms with E-state index < -0.39 is 12.4 Å². The summed E-state index contributed by atoms with van der Waals surface area (Å²) in [4.78, 5) is 11.3. The van der Waals surface area contributed by atoms with E-state index in [0.29, 0.717) is 5.92 Å². The zero-order valence-corrected chi connectivity index (χ0v) is 7.60. The van der Waals surface area contributed by atoms with Crippen molar-refractivity contribution in [3.63, 3.8) is 0 Å². The molecule has 0 radical (unpaired) electrons. The maximum atomic E-state index is 11.3. The van der Waals surface area contributed by atoms with Gasteiger partial charge in [0.2, 0.25) is 6.29 Å². The summed E-state index contributed by atoms with van der Waals surface area (Å²) in [5.41, 5.74) is 0. The zero-order valence-electron chi connectivity index (χ0n) is 7.60. The van der Waals surface area contributed by atoms with Crippen molar-refractivity contribution in [1.29, 1.82) is 0 Å². The molecule has 0 aromatic rings. The second-order valence-electron chi connectivity index (χ2n) is 4.15. The Morgan fingerprint density at radius 1 is 1.08 bits per heavy atom. The second kappa shape index (κ2) is 2.25. The first-order valence-corrected chi connectivity index (χ1v) is 4.70. The molecule has 3 bridgehead atoms. The highest BCUT2D eigenvalue weighted by Gasteiger charge is 2.59. The highest BCUT2D eigenvalue weighted by Crippen LogP contribution is 2.44. The standard InChI is InChI=1S/C9H12O4/c1-3-5-4(2)7-9(12-5)13-8(10)6(3)11-7/h3-7,9H,1-2H3/t3?,4?,5-,6+,7-,9?/m1/s1. The van der Waals surface area contributed by atoms with Crippen molar-refractivity contribution < 1.29 is 19.0 Å². The molecule has 72 valence electrons. The van der Waals surface area contributed by atoms with E-state index in [1.165, 1.54) is 0 Å². The number of esters is 1. The van der Waals surface area contributed by atoms with Crippen LogP contribution in [0.3, 0.4) is 0 Å². The van der Waals surface area contributed by atoms with Crippen LogP contribution >= 0.6 is 0 Å². The summed E-state index contributed by atoms with van der Waals surface area (Å²) in [5.74, 6) is 0.193. The van der Waals surface area contributed by atoms with E-state index in [1.807, 2.05) is 6.92 Å². The molecular formula is C9H12O4. The fourth-order valence-corrected chi connectivity index (χ4v) is 2.59. The van der Waals surface area contributed by atoms with E-state index >= 15 is 0 Å². The first kappa shape index (κ1) is 7.76. The van der Waals surface area contributed by atoms with Crippen LogP contribution in [-0.4, -0.2) is 30.6 Å². The van der Waals surface area contributed by atoms with Gasteiger partial charge in [-0.05, 0) is 0 Å². The first-order valence-electron chi connectivity index (χ1n) is 4.70. The molecule has 4 nitrogen and oxygen atoms in total. The molecule has 0 saturated carbocycles. The summed E-state index contributed by atoms with van der Waals surface area (Å²) in [6.07, 6.45) is -0.761.